The Labute approximate surface area is 199 Å². The molecule has 4 nitrogen and oxygen atoms in total. The van der Waals surface area contributed by atoms with Gasteiger partial charge in [-0.3, -0.25) is 0 Å². The van der Waals surface area contributed by atoms with Crippen molar-refractivity contribution in [3.05, 3.63) is 0 Å². The zero-order chi connectivity index (χ0) is 18.3. The van der Waals surface area contributed by atoms with Gasteiger partial charge in [-0.2, -0.15) is 0 Å². The second-order valence-electron chi connectivity index (χ2n) is 7.22. The molecular formula is C19H39KO4S. The van der Waals surface area contributed by atoms with Crippen molar-refractivity contribution in [2.75, 3.05) is 0 Å². The van der Waals surface area contributed by atoms with Gasteiger partial charge in [-0.25, -0.2) is 8.42 Å². The summed E-state index contributed by atoms with van der Waals surface area (Å²) in [5.74, 6) is 0. The van der Waals surface area contributed by atoms with Gasteiger partial charge in [-0.1, -0.05) is 77.6 Å². The topological polar surface area (TPSA) is 77.4 Å². The molecule has 0 heterocycles. The van der Waals surface area contributed by atoms with Crippen molar-refractivity contribution in [2.45, 2.75) is 122 Å². The van der Waals surface area contributed by atoms with Crippen molar-refractivity contribution >= 4 is 10.1 Å². The van der Waals surface area contributed by atoms with Gasteiger partial charge in [0.25, 0.3) is 0 Å². The summed E-state index contributed by atoms with van der Waals surface area (Å²) in [6.45, 7) is 3.92. The summed E-state index contributed by atoms with van der Waals surface area (Å²) in [4.78, 5) is 0. The third kappa shape index (κ3) is 20.1. The van der Waals surface area contributed by atoms with Gasteiger partial charge in [0.2, 0.25) is 0 Å². The standard InChI is InChI=1S/C19H40O4S.K/c1-3-4-5-6-7-8-9-10-11-12-13-16-19(24(21,22)23)17-14-15-18(2)20;/h18-20H,3-17H2,1-2H3,(H,21,22,23);/q;+1/p-1. The number of unbranched alkanes of at least 4 members (excludes halogenated alkanes) is 10. The molecular weight excluding hydrogens is 363 g/mol. The van der Waals surface area contributed by atoms with E-state index in [1.165, 1.54) is 51.4 Å². The molecule has 0 aromatic heterocycles. The van der Waals surface area contributed by atoms with E-state index in [9.17, 15) is 18.1 Å². The molecule has 0 aromatic carbocycles. The van der Waals surface area contributed by atoms with Crippen molar-refractivity contribution in [3.8, 4) is 0 Å². The molecule has 0 aliphatic heterocycles. The summed E-state index contributed by atoms with van der Waals surface area (Å²) in [7, 11) is -4.21. The number of aliphatic hydroxyl groups excluding tert-OH is 1. The van der Waals surface area contributed by atoms with Gasteiger partial charge >= 0.3 is 51.4 Å². The fourth-order valence-electron chi connectivity index (χ4n) is 3.11. The Hall–Kier alpha value is 1.51. The van der Waals surface area contributed by atoms with E-state index in [0.717, 1.165) is 19.3 Å². The molecule has 2 atom stereocenters. The van der Waals surface area contributed by atoms with Gasteiger partial charge in [-0.15, -0.1) is 0 Å². The smallest absolute Gasteiger partial charge is 0.748 e. The minimum absolute atomic E-state index is 0. The predicted octanol–water partition coefficient (Wildman–Crippen LogP) is 2.16. The van der Waals surface area contributed by atoms with Crippen molar-refractivity contribution in [1.29, 1.82) is 0 Å². The fraction of sp³-hybridized carbons (Fsp3) is 1.00. The average molecular weight is 403 g/mol. The van der Waals surface area contributed by atoms with Gasteiger partial charge in [0.15, 0.2) is 0 Å². The first-order chi connectivity index (χ1) is 11.4. The van der Waals surface area contributed by atoms with Crippen LogP contribution in [0, 0.1) is 0 Å². The Morgan fingerprint density at radius 2 is 1.16 bits per heavy atom. The maximum Gasteiger partial charge on any atom is 1.00 e. The molecule has 0 spiro atoms. The Morgan fingerprint density at radius 3 is 1.56 bits per heavy atom. The Bertz CT molecular complexity index is 372. The largest absolute Gasteiger partial charge is 1.00 e. The summed E-state index contributed by atoms with van der Waals surface area (Å²) in [5.41, 5.74) is 0. The molecule has 0 amide bonds. The van der Waals surface area contributed by atoms with Gasteiger partial charge in [-0.05, 0) is 32.6 Å². The van der Waals surface area contributed by atoms with Crippen LogP contribution in [0.3, 0.4) is 0 Å². The molecule has 146 valence electrons. The van der Waals surface area contributed by atoms with Crippen molar-refractivity contribution in [1.82, 2.24) is 0 Å². The number of aliphatic hydroxyl groups is 1. The summed E-state index contributed by atoms with van der Waals surface area (Å²) < 4.78 is 33.9. The van der Waals surface area contributed by atoms with Crippen LogP contribution < -0.4 is 51.4 Å². The van der Waals surface area contributed by atoms with Crippen LogP contribution in [0.2, 0.25) is 0 Å². The van der Waals surface area contributed by atoms with Crippen molar-refractivity contribution in [2.24, 2.45) is 0 Å². The van der Waals surface area contributed by atoms with Crippen LogP contribution >= 0.6 is 0 Å². The van der Waals surface area contributed by atoms with Crippen molar-refractivity contribution in [3.63, 3.8) is 0 Å². The van der Waals surface area contributed by atoms with Crippen molar-refractivity contribution < 1.29 is 69.5 Å². The first-order valence-corrected chi connectivity index (χ1v) is 11.5. The summed E-state index contributed by atoms with van der Waals surface area (Å²) in [6, 6.07) is 0. The van der Waals surface area contributed by atoms with Crippen LogP contribution in [0.25, 0.3) is 0 Å². The van der Waals surface area contributed by atoms with Gasteiger partial charge < -0.3 is 9.66 Å². The minimum atomic E-state index is -4.21. The van der Waals surface area contributed by atoms with Crippen LogP contribution in [0.4, 0.5) is 0 Å². The molecule has 0 radical (unpaired) electrons. The second kappa shape index (κ2) is 18.9. The Kier molecular flexibility index (Phi) is 21.7. The molecule has 0 rings (SSSR count). The monoisotopic (exact) mass is 402 g/mol. The number of rotatable bonds is 17. The molecule has 0 aromatic rings. The normalized spacial score (nSPS) is 14.1. The van der Waals surface area contributed by atoms with E-state index in [2.05, 4.69) is 6.92 Å². The first kappa shape index (κ1) is 28.7. The summed E-state index contributed by atoms with van der Waals surface area (Å²) in [6.07, 6.45) is 15.0. The van der Waals surface area contributed by atoms with E-state index >= 15 is 0 Å². The second-order valence-corrected chi connectivity index (χ2v) is 8.87. The van der Waals surface area contributed by atoms with E-state index in [-0.39, 0.29) is 51.4 Å². The third-order valence-corrected chi connectivity index (χ3v) is 5.97. The average Bonchev–Trinajstić information content (AvgIpc) is 2.49. The number of hydrogen-bond acceptors (Lipinski definition) is 4. The van der Waals surface area contributed by atoms with Gasteiger partial charge in [0.1, 0.15) is 0 Å². The number of hydrogen-bond donors (Lipinski definition) is 1. The van der Waals surface area contributed by atoms with Crippen LogP contribution in [0.1, 0.15) is 110 Å². The molecule has 0 aliphatic carbocycles. The molecule has 0 saturated heterocycles. The summed E-state index contributed by atoms with van der Waals surface area (Å²) >= 11 is 0. The Morgan fingerprint density at radius 1 is 0.760 bits per heavy atom. The fourth-order valence-corrected chi connectivity index (χ4v) is 4.02. The van der Waals surface area contributed by atoms with E-state index in [0.29, 0.717) is 25.7 Å². The molecule has 2 unspecified atom stereocenters. The molecule has 25 heavy (non-hydrogen) atoms. The molecule has 0 aliphatic rings. The minimum Gasteiger partial charge on any atom is -0.748 e. The maximum atomic E-state index is 11.3. The van der Waals surface area contributed by atoms with E-state index in [4.69, 9.17) is 0 Å². The maximum absolute atomic E-state index is 11.3. The van der Waals surface area contributed by atoms with Crippen LogP contribution in [-0.2, 0) is 10.1 Å². The van der Waals surface area contributed by atoms with Crippen LogP contribution in [0.5, 0.6) is 0 Å². The van der Waals surface area contributed by atoms with Crippen LogP contribution in [-0.4, -0.2) is 29.4 Å². The first-order valence-electron chi connectivity index (χ1n) is 10.0. The Balaban J connectivity index is 0. The quantitative estimate of drug-likeness (QED) is 0.230. The van der Waals surface area contributed by atoms with E-state index in [1.54, 1.807) is 6.92 Å². The molecule has 0 bridgehead atoms. The molecule has 6 heteroatoms. The third-order valence-electron chi connectivity index (χ3n) is 4.69. The predicted molar refractivity (Wildman–Crippen MR) is 100 cm³/mol. The molecule has 0 saturated carbocycles. The zero-order valence-corrected chi connectivity index (χ0v) is 20.8. The SMILES string of the molecule is CCCCCCCCCCCCCC(CCCC(C)O)S(=O)(=O)[O-].[K+]. The summed E-state index contributed by atoms with van der Waals surface area (Å²) in [5, 5.41) is 8.45. The van der Waals surface area contributed by atoms with Crippen LogP contribution in [0.15, 0.2) is 0 Å². The molecule has 0 fully saturated rings. The van der Waals surface area contributed by atoms with Gasteiger partial charge in [0.05, 0.1) is 16.2 Å². The van der Waals surface area contributed by atoms with E-state index in [1.807, 2.05) is 0 Å². The molecule has 1 N–H and O–H groups in total. The zero-order valence-electron chi connectivity index (χ0n) is 16.8. The van der Waals surface area contributed by atoms with E-state index < -0.39 is 21.5 Å². The van der Waals surface area contributed by atoms with Gasteiger partial charge in [0, 0.05) is 5.25 Å².